The lowest BCUT2D eigenvalue weighted by atomic mass is 10.1. The molecule has 1 heterocycles. The Hall–Kier alpha value is -0.150. The summed E-state index contributed by atoms with van der Waals surface area (Å²) in [6, 6.07) is 7.18. The molecule has 0 aliphatic carbocycles. The molecule has 0 radical (unpaired) electrons. The SMILES string of the molecule is CCc1cc(Br)ccc1NC1CCCSC1C. The molecule has 1 N–H and O–H groups in total. The van der Waals surface area contributed by atoms with Crippen LogP contribution >= 0.6 is 27.7 Å². The first-order chi connectivity index (χ1) is 8.20. The lowest BCUT2D eigenvalue weighted by molar-refractivity contribution is 0.617. The minimum Gasteiger partial charge on any atom is -0.381 e. The molecule has 2 unspecified atom stereocenters. The van der Waals surface area contributed by atoms with Crippen molar-refractivity contribution < 1.29 is 0 Å². The second-order valence-corrected chi connectivity index (χ2v) is 7.02. The highest BCUT2D eigenvalue weighted by Crippen LogP contribution is 2.29. The van der Waals surface area contributed by atoms with Crippen LogP contribution in [0, 0.1) is 0 Å². The molecular formula is C14H20BrNS. The normalized spacial score (nSPS) is 24.6. The molecular weight excluding hydrogens is 294 g/mol. The van der Waals surface area contributed by atoms with Crippen molar-refractivity contribution in [2.75, 3.05) is 11.1 Å². The van der Waals surface area contributed by atoms with Gasteiger partial charge in [-0.1, -0.05) is 29.8 Å². The third kappa shape index (κ3) is 3.41. The smallest absolute Gasteiger partial charge is 0.0377 e. The van der Waals surface area contributed by atoms with Crippen molar-refractivity contribution >= 4 is 33.4 Å². The van der Waals surface area contributed by atoms with Gasteiger partial charge in [0, 0.05) is 21.5 Å². The number of aryl methyl sites for hydroxylation is 1. The monoisotopic (exact) mass is 313 g/mol. The number of rotatable bonds is 3. The molecule has 1 aromatic carbocycles. The lowest BCUT2D eigenvalue weighted by Gasteiger charge is -2.30. The topological polar surface area (TPSA) is 12.0 Å². The van der Waals surface area contributed by atoms with E-state index in [1.807, 2.05) is 0 Å². The van der Waals surface area contributed by atoms with Crippen LogP contribution in [-0.2, 0) is 6.42 Å². The fourth-order valence-electron chi connectivity index (χ4n) is 2.31. The Bertz CT molecular complexity index is 380. The molecule has 0 amide bonds. The second kappa shape index (κ2) is 6.14. The number of hydrogen-bond acceptors (Lipinski definition) is 2. The Labute approximate surface area is 117 Å². The average molecular weight is 314 g/mol. The van der Waals surface area contributed by atoms with Crippen LogP contribution < -0.4 is 5.32 Å². The number of halogens is 1. The predicted octanol–water partition coefficient (Wildman–Crippen LogP) is 4.71. The van der Waals surface area contributed by atoms with Crippen molar-refractivity contribution in [2.24, 2.45) is 0 Å². The average Bonchev–Trinajstić information content (AvgIpc) is 2.34. The molecule has 3 heteroatoms. The molecule has 1 fully saturated rings. The van der Waals surface area contributed by atoms with Crippen molar-refractivity contribution in [3.05, 3.63) is 28.2 Å². The molecule has 0 bridgehead atoms. The zero-order chi connectivity index (χ0) is 12.3. The highest BCUT2D eigenvalue weighted by Gasteiger charge is 2.21. The van der Waals surface area contributed by atoms with Gasteiger partial charge in [0.15, 0.2) is 0 Å². The van der Waals surface area contributed by atoms with Crippen LogP contribution in [0.5, 0.6) is 0 Å². The molecule has 1 saturated heterocycles. The number of benzene rings is 1. The third-order valence-corrected chi connectivity index (χ3v) is 5.27. The highest BCUT2D eigenvalue weighted by molar-refractivity contribution is 9.10. The Kier molecular flexibility index (Phi) is 4.80. The molecule has 0 spiro atoms. The first-order valence-corrected chi connectivity index (χ1v) is 8.21. The molecule has 1 aliphatic rings. The van der Waals surface area contributed by atoms with Gasteiger partial charge in [-0.2, -0.15) is 11.8 Å². The summed E-state index contributed by atoms with van der Waals surface area (Å²) in [6.07, 6.45) is 3.72. The van der Waals surface area contributed by atoms with Crippen LogP contribution in [0.25, 0.3) is 0 Å². The first kappa shape index (κ1) is 13.3. The van der Waals surface area contributed by atoms with E-state index in [9.17, 15) is 0 Å². The van der Waals surface area contributed by atoms with Gasteiger partial charge in [-0.15, -0.1) is 0 Å². The van der Waals surface area contributed by atoms with Crippen LogP contribution in [0.4, 0.5) is 5.69 Å². The fourth-order valence-corrected chi connectivity index (χ4v) is 3.86. The molecule has 0 saturated carbocycles. The molecule has 2 rings (SSSR count). The molecule has 1 aliphatic heterocycles. The maximum atomic E-state index is 3.74. The van der Waals surface area contributed by atoms with E-state index in [0.29, 0.717) is 6.04 Å². The summed E-state index contributed by atoms with van der Waals surface area (Å²) in [6.45, 7) is 4.55. The van der Waals surface area contributed by atoms with E-state index in [1.54, 1.807) is 0 Å². The molecule has 94 valence electrons. The van der Waals surface area contributed by atoms with Gasteiger partial charge in [0.2, 0.25) is 0 Å². The molecule has 1 nitrogen and oxygen atoms in total. The van der Waals surface area contributed by atoms with Crippen LogP contribution in [0.3, 0.4) is 0 Å². The Morgan fingerprint density at radius 1 is 1.47 bits per heavy atom. The maximum Gasteiger partial charge on any atom is 0.0377 e. The number of nitrogens with one attached hydrogen (secondary N) is 1. The van der Waals surface area contributed by atoms with E-state index in [0.717, 1.165) is 11.7 Å². The third-order valence-electron chi connectivity index (χ3n) is 3.40. The van der Waals surface area contributed by atoms with E-state index in [-0.39, 0.29) is 0 Å². The van der Waals surface area contributed by atoms with Gasteiger partial charge in [0.05, 0.1) is 0 Å². The van der Waals surface area contributed by atoms with E-state index < -0.39 is 0 Å². The van der Waals surface area contributed by atoms with Gasteiger partial charge in [-0.3, -0.25) is 0 Å². The largest absolute Gasteiger partial charge is 0.381 e. The van der Waals surface area contributed by atoms with Gasteiger partial charge in [-0.05, 0) is 48.8 Å². The summed E-state index contributed by atoms with van der Waals surface area (Å²) < 4.78 is 1.17. The van der Waals surface area contributed by atoms with E-state index in [1.165, 1.54) is 34.3 Å². The van der Waals surface area contributed by atoms with Gasteiger partial charge in [0.1, 0.15) is 0 Å². The number of thioether (sulfide) groups is 1. The predicted molar refractivity (Wildman–Crippen MR) is 82.1 cm³/mol. The van der Waals surface area contributed by atoms with E-state index in [4.69, 9.17) is 0 Å². The molecule has 17 heavy (non-hydrogen) atoms. The molecule has 0 aromatic heterocycles. The quantitative estimate of drug-likeness (QED) is 0.867. The van der Waals surface area contributed by atoms with Crippen molar-refractivity contribution in [2.45, 2.75) is 44.4 Å². The van der Waals surface area contributed by atoms with Crippen molar-refractivity contribution in [1.29, 1.82) is 0 Å². The Balaban J connectivity index is 2.11. The number of anilines is 1. The zero-order valence-corrected chi connectivity index (χ0v) is 12.9. The van der Waals surface area contributed by atoms with Gasteiger partial charge in [0.25, 0.3) is 0 Å². The summed E-state index contributed by atoms with van der Waals surface area (Å²) in [5.74, 6) is 1.32. The van der Waals surface area contributed by atoms with Crippen LogP contribution in [0.15, 0.2) is 22.7 Å². The van der Waals surface area contributed by atoms with Gasteiger partial charge in [-0.25, -0.2) is 0 Å². The maximum absolute atomic E-state index is 3.74. The van der Waals surface area contributed by atoms with Crippen molar-refractivity contribution in [1.82, 2.24) is 0 Å². The standard InChI is InChI=1S/C14H20BrNS/c1-3-11-9-12(15)6-7-14(11)16-13-5-4-8-17-10(13)2/h6-7,9-10,13,16H,3-5,8H2,1-2H3. The first-order valence-electron chi connectivity index (χ1n) is 6.37. The van der Waals surface area contributed by atoms with Crippen LogP contribution in [0.1, 0.15) is 32.3 Å². The van der Waals surface area contributed by atoms with E-state index >= 15 is 0 Å². The van der Waals surface area contributed by atoms with Crippen LogP contribution in [-0.4, -0.2) is 17.0 Å². The van der Waals surface area contributed by atoms with Gasteiger partial charge < -0.3 is 5.32 Å². The molecule has 2 atom stereocenters. The van der Waals surface area contributed by atoms with Crippen molar-refractivity contribution in [3.63, 3.8) is 0 Å². The van der Waals surface area contributed by atoms with Gasteiger partial charge >= 0.3 is 0 Å². The van der Waals surface area contributed by atoms with E-state index in [2.05, 4.69) is 65.1 Å². The Morgan fingerprint density at radius 2 is 2.29 bits per heavy atom. The summed E-state index contributed by atoms with van der Waals surface area (Å²) in [5, 5.41) is 4.46. The summed E-state index contributed by atoms with van der Waals surface area (Å²) in [4.78, 5) is 0. The zero-order valence-electron chi connectivity index (χ0n) is 10.5. The lowest BCUT2D eigenvalue weighted by Crippen LogP contribution is -2.33. The summed E-state index contributed by atoms with van der Waals surface area (Å²) >= 11 is 5.63. The summed E-state index contributed by atoms with van der Waals surface area (Å²) in [7, 11) is 0. The molecule has 1 aromatic rings. The minimum absolute atomic E-state index is 0.625. The highest BCUT2D eigenvalue weighted by atomic mass is 79.9. The van der Waals surface area contributed by atoms with Crippen molar-refractivity contribution in [3.8, 4) is 0 Å². The van der Waals surface area contributed by atoms with Crippen LogP contribution in [0.2, 0.25) is 0 Å². The minimum atomic E-state index is 0.625. The fraction of sp³-hybridized carbons (Fsp3) is 0.571. The Morgan fingerprint density at radius 3 is 3.00 bits per heavy atom. The summed E-state index contributed by atoms with van der Waals surface area (Å²) in [5.41, 5.74) is 2.72. The second-order valence-electron chi connectivity index (χ2n) is 4.62. The number of hydrogen-bond donors (Lipinski definition) is 1.